The second-order valence-electron chi connectivity index (χ2n) is 2.24. The van der Waals surface area contributed by atoms with Gasteiger partial charge in [-0.2, -0.15) is 0 Å². The zero-order chi connectivity index (χ0) is 10.1. The Bertz CT molecular complexity index is 440. The summed E-state index contributed by atoms with van der Waals surface area (Å²) in [6, 6.07) is 0.997. The van der Waals surface area contributed by atoms with Crippen LogP contribution in [0.4, 0.5) is 0 Å². The number of carbonyl (C=O) groups is 1. The molecule has 1 N–H and O–H groups in total. The van der Waals surface area contributed by atoms with Gasteiger partial charge in [0.25, 0.3) is 0 Å². The lowest BCUT2D eigenvalue weighted by molar-refractivity contribution is 0.0689. The standard InChI is InChI=1S/C6H5N2O4S/c1-13(11,12)6-7-3-2-4(8-6)5(9)10/h2H,1H3,(H,9,10). The van der Waals surface area contributed by atoms with Crippen LogP contribution in [0.2, 0.25) is 0 Å². The molecule has 1 rings (SSSR count). The lowest BCUT2D eigenvalue weighted by atomic mass is 10.4. The average molecular weight is 201 g/mol. The molecule has 0 spiro atoms. The summed E-state index contributed by atoms with van der Waals surface area (Å²) < 4.78 is 21.7. The van der Waals surface area contributed by atoms with Gasteiger partial charge in [0.1, 0.15) is 0 Å². The van der Waals surface area contributed by atoms with Crippen LogP contribution in [0.25, 0.3) is 0 Å². The molecule has 0 fully saturated rings. The van der Waals surface area contributed by atoms with Crippen LogP contribution in [0.3, 0.4) is 0 Å². The lowest BCUT2D eigenvalue weighted by Crippen LogP contribution is -2.08. The number of carboxylic acid groups (broad SMARTS) is 1. The molecule has 13 heavy (non-hydrogen) atoms. The van der Waals surface area contributed by atoms with Crippen molar-refractivity contribution in [3.63, 3.8) is 0 Å². The van der Waals surface area contributed by atoms with Gasteiger partial charge < -0.3 is 5.11 Å². The fourth-order valence-electron chi connectivity index (χ4n) is 0.584. The largest absolute Gasteiger partial charge is 0.477 e. The average Bonchev–Trinajstić information content (AvgIpc) is 2.03. The molecule has 1 aromatic rings. The minimum atomic E-state index is -3.58. The molecule has 1 radical (unpaired) electrons. The van der Waals surface area contributed by atoms with Crippen LogP contribution in [-0.4, -0.2) is 35.7 Å². The fraction of sp³-hybridized carbons (Fsp3) is 0.167. The Labute approximate surface area is 74.2 Å². The molecule has 0 aliphatic carbocycles. The molecule has 0 aliphatic heterocycles. The molecule has 0 saturated carbocycles. The van der Waals surface area contributed by atoms with Crippen LogP contribution in [0.1, 0.15) is 10.5 Å². The molecule has 0 aliphatic rings. The molecule has 0 aromatic carbocycles. The molecule has 0 bridgehead atoms. The van der Waals surface area contributed by atoms with E-state index >= 15 is 0 Å². The maximum absolute atomic E-state index is 10.9. The Hall–Kier alpha value is -1.50. The van der Waals surface area contributed by atoms with Gasteiger partial charge in [0, 0.05) is 6.26 Å². The van der Waals surface area contributed by atoms with Crippen molar-refractivity contribution in [1.29, 1.82) is 0 Å². The first-order valence-electron chi connectivity index (χ1n) is 3.10. The van der Waals surface area contributed by atoms with E-state index in [4.69, 9.17) is 5.11 Å². The second-order valence-corrected chi connectivity index (χ2v) is 4.15. The third-order valence-corrected chi connectivity index (χ3v) is 1.97. The minimum Gasteiger partial charge on any atom is -0.477 e. The van der Waals surface area contributed by atoms with Gasteiger partial charge in [-0.25, -0.2) is 23.2 Å². The van der Waals surface area contributed by atoms with Crippen molar-refractivity contribution in [2.45, 2.75) is 5.16 Å². The summed E-state index contributed by atoms with van der Waals surface area (Å²) in [6.45, 7) is 0. The van der Waals surface area contributed by atoms with Crippen molar-refractivity contribution in [2.24, 2.45) is 0 Å². The lowest BCUT2D eigenvalue weighted by Gasteiger charge is -1.96. The summed E-state index contributed by atoms with van der Waals surface area (Å²) in [5, 5.41) is 7.94. The molecule has 0 saturated heterocycles. The monoisotopic (exact) mass is 201 g/mol. The Morgan fingerprint density at radius 2 is 2.23 bits per heavy atom. The third-order valence-electron chi connectivity index (χ3n) is 1.13. The van der Waals surface area contributed by atoms with Crippen molar-refractivity contribution < 1.29 is 18.3 Å². The van der Waals surface area contributed by atoms with Crippen LogP contribution >= 0.6 is 0 Å². The van der Waals surface area contributed by atoms with Crippen molar-refractivity contribution >= 4 is 15.8 Å². The summed E-state index contributed by atoms with van der Waals surface area (Å²) in [6.07, 6.45) is 3.04. The van der Waals surface area contributed by atoms with Crippen molar-refractivity contribution in [1.82, 2.24) is 9.97 Å². The Morgan fingerprint density at radius 1 is 1.62 bits per heavy atom. The first-order valence-corrected chi connectivity index (χ1v) is 4.99. The molecule has 0 unspecified atom stereocenters. The van der Waals surface area contributed by atoms with E-state index in [-0.39, 0.29) is 0 Å². The van der Waals surface area contributed by atoms with Gasteiger partial charge in [0.05, 0.1) is 6.20 Å². The van der Waals surface area contributed by atoms with Gasteiger partial charge in [-0.1, -0.05) is 0 Å². The highest BCUT2D eigenvalue weighted by atomic mass is 32.2. The summed E-state index contributed by atoms with van der Waals surface area (Å²) in [4.78, 5) is 17.0. The Balaban J connectivity index is 3.29. The van der Waals surface area contributed by atoms with Crippen LogP contribution in [0.5, 0.6) is 0 Å². The van der Waals surface area contributed by atoms with Crippen LogP contribution < -0.4 is 0 Å². The number of rotatable bonds is 2. The number of carboxylic acids is 1. The predicted octanol–water partition coefficient (Wildman–Crippen LogP) is -0.622. The highest BCUT2D eigenvalue weighted by Gasteiger charge is 2.13. The highest BCUT2D eigenvalue weighted by Crippen LogP contribution is 2.01. The molecule has 7 heteroatoms. The number of hydrogen-bond donors (Lipinski definition) is 1. The van der Waals surface area contributed by atoms with E-state index in [1.165, 1.54) is 0 Å². The topological polar surface area (TPSA) is 97.2 Å². The van der Waals surface area contributed by atoms with E-state index in [1.807, 2.05) is 0 Å². The van der Waals surface area contributed by atoms with E-state index in [0.29, 0.717) is 0 Å². The summed E-state index contributed by atoms with van der Waals surface area (Å²) in [5.41, 5.74) is -0.393. The van der Waals surface area contributed by atoms with E-state index in [9.17, 15) is 13.2 Å². The van der Waals surface area contributed by atoms with E-state index in [2.05, 4.69) is 16.2 Å². The number of hydrogen-bond acceptors (Lipinski definition) is 5. The van der Waals surface area contributed by atoms with E-state index in [1.54, 1.807) is 0 Å². The highest BCUT2D eigenvalue weighted by molar-refractivity contribution is 7.90. The van der Waals surface area contributed by atoms with Gasteiger partial charge in [-0.05, 0) is 6.07 Å². The zero-order valence-electron chi connectivity index (χ0n) is 6.55. The summed E-state index contributed by atoms with van der Waals surface area (Å²) >= 11 is 0. The van der Waals surface area contributed by atoms with Crippen LogP contribution in [-0.2, 0) is 9.84 Å². The number of sulfone groups is 1. The number of aromatic nitrogens is 2. The normalized spacial score (nSPS) is 11.2. The summed E-state index contributed by atoms with van der Waals surface area (Å²) in [7, 11) is -3.58. The van der Waals surface area contributed by atoms with Gasteiger partial charge in [-0.15, -0.1) is 0 Å². The van der Waals surface area contributed by atoms with Gasteiger partial charge in [0.15, 0.2) is 5.69 Å². The van der Waals surface area contributed by atoms with Crippen molar-refractivity contribution in [3.8, 4) is 0 Å². The first kappa shape index (κ1) is 9.59. The maximum Gasteiger partial charge on any atom is 0.354 e. The first-order chi connectivity index (χ1) is 5.91. The molecular weight excluding hydrogens is 196 g/mol. The molecule has 6 nitrogen and oxygen atoms in total. The third kappa shape index (κ3) is 2.22. The Kier molecular flexibility index (Phi) is 2.28. The molecular formula is C6H5N2O4S. The fourth-order valence-corrected chi connectivity index (χ4v) is 1.07. The van der Waals surface area contributed by atoms with Crippen LogP contribution in [0.15, 0.2) is 11.2 Å². The predicted molar refractivity (Wildman–Crippen MR) is 40.9 cm³/mol. The summed E-state index contributed by atoms with van der Waals surface area (Å²) in [5.74, 6) is -1.32. The number of nitrogens with zero attached hydrogens (tertiary/aromatic N) is 2. The Morgan fingerprint density at radius 3 is 2.69 bits per heavy atom. The van der Waals surface area contributed by atoms with E-state index in [0.717, 1.165) is 12.3 Å². The van der Waals surface area contributed by atoms with E-state index < -0.39 is 26.7 Å². The van der Waals surface area contributed by atoms with Gasteiger partial charge in [0.2, 0.25) is 15.0 Å². The SMILES string of the molecule is CS(=O)(=O)c1n[c]cc(C(=O)O)n1. The van der Waals surface area contributed by atoms with Crippen LogP contribution in [0, 0.1) is 6.20 Å². The molecule has 0 amide bonds. The molecule has 1 aromatic heterocycles. The smallest absolute Gasteiger partial charge is 0.354 e. The molecule has 1 heterocycles. The van der Waals surface area contributed by atoms with Gasteiger partial charge >= 0.3 is 5.97 Å². The molecule has 0 atom stereocenters. The van der Waals surface area contributed by atoms with Crippen molar-refractivity contribution in [2.75, 3.05) is 6.26 Å². The minimum absolute atomic E-state index is 0.393. The zero-order valence-corrected chi connectivity index (χ0v) is 7.37. The number of aromatic carboxylic acids is 1. The quantitative estimate of drug-likeness (QED) is 0.640. The van der Waals surface area contributed by atoms with Gasteiger partial charge in [-0.3, -0.25) is 0 Å². The van der Waals surface area contributed by atoms with Crippen molar-refractivity contribution in [3.05, 3.63) is 18.0 Å². The maximum atomic E-state index is 10.9. The molecule has 69 valence electrons. The second kappa shape index (κ2) is 3.09.